The van der Waals surface area contributed by atoms with Crippen molar-refractivity contribution in [2.45, 2.75) is 31.7 Å². The van der Waals surface area contributed by atoms with E-state index in [1.54, 1.807) is 0 Å². The smallest absolute Gasteiger partial charge is 0.406 e. The van der Waals surface area contributed by atoms with Crippen LogP contribution in [0.5, 0.6) is 5.75 Å². The molecule has 0 unspecified atom stereocenters. The van der Waals surface area contributed by atoms with Gasteiger partial charge in [0.1, 0.15) is 5.75 Å². The van der Waals surface area contributed by atoms with Gasteiger partial charge in [0.2, 0.25) is 5.91 Å². The molecule has 1 aliphatic rings. The first kappa shape index (κ1) is 15.6. The first-order valence-corrected chi connectivity index (χ1v) is 6.77. The highest BCUT2D eigenvalue weighted by molar-refractivity contribution is 5.78. The second-order valence-corrected chi connectivity index (χ2v) is 4.98. The third-order valence-corrected chi connectivity index (χ3v) is 3.18. The second-order valence-electron chi connectivity index (χ2n) is 4.98. The number of piperidine rings is 1. The molecule has 2 rings (SSSR count). The number of carbonyl (C=O) groups is 1. The number of hydrogen-bond acceptors (Lipinski definition) is 3. The van der Waals surface area contributed by atoms with Gasteiger partial charge in [-0.3, -0.25) is 4.79 Å². The number of rotatable bonds is 4. The molecule has 7 heteroatoms. The summed E-state index contributed by atoms with van der Waals surface area (Å²) >= 11 is 0. The van der Waals surface area contributed by atoms with Gasteiger partial charge in [-0.25, -0.2) is 0 Å². The molecule has 0 radical (unpaired) electrons. The molecule has 1 fully saturated rings. The Kier molecular flexibility index (Phi) is 5.06. The molecule has 1 saturated heterocycles. The molecule has 21 heavy (non-hydrogen) atoms. The lowest BCUT2D eigenvalue weighted by molar-refractivity contribution is -0.274. The largest absolute Gasteiger partial charge is 0.573 e. The molecule has 0 bridgehead atoms. The Morgan fingerprint density at radius 1 is 1.33 bits per heavy atom. The predicted molar refractivity (Wildman–Crippen MR) is 70.9 cm³/mol. The molecular formula is C14H17F3N2O2. The molecule has 1 aromatic rings. The molecular weight excluding hydrogens is 285 g/mol. The molecule has 0 spiro atoms. The van der Waals surface area contributed by atoms with Crippen molar-refractivity contribution >= 4 is 5.91 Å². The van der Waals surface area contributed by atoms with Gasteiger partial charge in [0.05, 0.1) is 6.42 Å². The van der Waals surface area contributed by atoms with Gasteiger partial charge in [0.25, 0.3) is 0 Å². The Morgan fingerprint density at radius 2 is 2.05 bits per heavy atom. The van der Waals surface area contributed by atoms with Crippen LogP contribution in [-0.4, -0.2) is 31.4 Å². The van der Waals surface area contributed by atoms with Crippen molar-refractivity contribution in [3.63, 3.8) is 0 Å². The molecule has 1 heterocycles. The zero-order chi connectivity index (χ0) is 15.3. The number of hydrogen-bond donors (Lipinski definition) is 2. The number of amides is 1. The van der Waals surface area contributed by atoms with Crippen molar-refractivity contribution in [2.24, 2.45) is 0 Å². The molecule has 0 aliphatic carbocycles. The van der Waals surface area contributed by atoms with Crippen LogP contribution in [0, 0.1) is 0 Å². The maximum atomic E-state index is 12.0. The van der Waals surface area contributed by atoms with E-state index in [0.29, 0.717) is 5.56 Å². The Balaban J connectivity index is 1.83. The molecule has 0 aromatic heterocycles. The summed E-state index contributed by atoms with van der Waals surface area (Å²) in [5, 5.41) is 6.10. The van der Waals surface area contributed by atoms with E-state index in [0.717, 1.165) is 25.9 Å². The van der Waals surface area contributed by atoms with E-state index in [1.807, 2.05) is 0 Å². The minimum atomic E-state index is -4.70. The summed E-state index contributed by atoms with van der Waals surface area (Å²) in [7, 11) is 0. The van der Waals surface area contributed by atoms with Crippen LogP contribution in [0.15, 0.2) is 24.3 Å². The maximum absolute atomic E-state index is 12.0. The highest BCUT2D eigenvalue weighted by Crippen LogP contribution is 2.22. The van der Waals surface area contributed by atoms with Gasteiger partial charge in [-0.1, -0.05) is 12.1 Å². The summed E-state index contributed by atoms with van der Waals surface area (Å²) in [5.74, 6) is -0.420. The molecule has 1 atom stereocenters. The summed E-state index contributed by atoms with van der Waals surface area (Å²) in [6, 6.07) is 5.45. The highest BCUT2D eigenvalue weighted by Gasteiger charge is 2.30. The topological polar surface area (TPSA) is 50.4 Å². The Labute approximate surface area is 120 Å². The molecule has 1 amide bonds. The summed E-state index contributed by atoms with van der Waals surface area (Å²) in [6.07, 6.45) is -2.60. The number of nitrogens with one attached hydrogen (secondary N) is 2. The summed E-state index contributed by atoms with van der Waals surface area (Å²) in [4.78, 5) is 11.8. The Bertz CT molecular complexity index is 468. The zero-order valence-corrected chi connectivity index (χ0v) is 11.4. The van der Waals surface area contributed by atoms with E-state index in [-0.39, 0.29) is 24.1 Å². The lowest BCUT2D eigenvalue weighted by Gasteiger charge is -2.23. The van der Waals surface area contributed by atoms with Crippen LogP contribution in [-0.2, 0) is 11.2 Å². The second kappa shape index (κ2) is 6.80. The number of ether oxygens (including phenoxy) is 1. The number of halogens is 3. The molecule has 1 aliphatic heterocycles. The van der Waals surface area contributed by atoms with E-state index in [1.165, 1.54) is 24.3 Å². The van der Waals surface area contributed by atoms with Crippen molar-refractivity contribution in [1.82, 2.24) is 10.6 Å². The van der Waals surface area contributed by atoms with Crippen molar-refractivity contribution in [1.29, 1.82) is 0 Å². The van der Waals surface area contributed by atoms with Crippen LogP contribution in [0.4, 0.5) is 13.2 Å². The van der Waals surface area contributed by atoms with Gasteiger partial charge in [0.15, 0.2) is 0 Å². The quantitative estimate of drug-likeness (QED) is 0.894. The molecule has 0 saturated carbocycles. The summed E-state index contributed by atoms with van der Waals surface area (Å²) < 4.78 is 39.8. The summed E-state index contributed by atoms with van der Waals surface area (Å²) in [6.45, 7) is 1.72. The van der Waals surface area contributed by atoms with Crippen LogP contribution < -0.4 is 15.4 Å². The van der Waals surface area contributed by atoms with Gasteiger partial charge >= 0.3 is 6.36 Å². The van der Waals surface area contributed by atoms with Gasteiger partial charge in [-0.2, -0.15) is 0 Å². The summed E-state index contributed by atoms with van der Waals surface area (Å²) in [5.41, 5.74) is 0.644. The molecule has 2 N–H and O–H groups in total. The predicted octanol–water partition coefficient (Wildman–Crippen LogP) is 2.00. The van der Waals surface area contributed by atoms with Gasteiger partial charge in [0, 0.05) is 12.6 Å². The minimum absolute atomic E-state index is 0.124. The third kappa shape index (κ3) is 5.63. The zero-order valence-electron chi connectivity index (χ0n) is 11.4. The van der Waals surface area contributed by atoms with Crippen molar-refractivity contribution in [3.05, 3.63) is 29.8 Å². The van der Waals surface area contributed by atoms with Crippen LogP contribution in [0.1, 0.15) is 18.4 Å². The van der Waals surface area contributed by atoms with Crippen LogP contribution in [0.25, 0.3) is 0 Å². The average molecular weight is 302 g/mol. The van der Waals surface area contributed by atoms with Crippen molar-refractivity contribution in [3.8, 4) is 5.75 Å². The lowest BCUT2D eigenvalue weighted by Crippen LogP contribution is -2.46. The Hall–Kier alpha value is -1.76. The molecule has 1 aromatic carbocycles. The third-order valence-electron chi connectivity index (χ3n) is 3.18. The normalized spacial score (nSPS) is 19.1. The molecule has 4 nitrogen and oxygen atoms in total. The SMILES string of the molecule is O=C(Cc1ccc(OC(F)(F)F)cc1)N[C@H]1CCCNC1. The van der Waals surface area contributed by atoms with E-state index < -0.39 is 6.36 Å². The number of carbonyl (C=O) groups excluding carboxylic acids is 1. The number of alkyl halides is 3. The van der Waals surface area contributed by atoms with E-state index >= 15 is 0 Å². The van der Waals surface area contributed by atoms with Gasteiger partial charge in [-0.05, 0) is 37.1 Å². The van der Waals surface area contributed by atoms with E-state index in [9.17, 15) is 18.0 Å². The van der Waals surface area contributed by atoms with Gasteiger partial charge in [-0.15, -0.1) is 13.2 Å². The van der Waals surface area contributed by atoms with Crippen molar-refractivity contribution < 1.29 is 22.7 Å². The monoisotopic (exact) mass is 302 g/mol. The van der Waals surface area contributed by atoms with Crippen molar-refractivity contribution in [2.75, 3.05) is 13.1 Å². The van der Waals surface area contributed by atoms with E-state index in [2.05, 4.69) is 15.4 Å². The average Bonchev–Trinajstić information content (AvgIpc) is 2.40. The lowest BCUT2D eigenvalue weighted by atomic mass is 10.1. The fraction of sp³-hybridized carbons (Fsp3) is 0.500. The maximum Gasteiger partial charge on any atom is 0.573 e. The van der Waals surface area contributed by atoms with Crippen LogP contribution in [0.3, 0.4) is 0 Å². The fourth-order valence-corrected chi connectivity index (χ4v) is 2.25. The van der Waals surface area contributed by atoms with Crippen LogP contribution >= 0.6 is 0 Å². The minimum Gasteiger partial charge on any atom is -0.406 e. The standard InChI is InChI=1S/C14H17F3N2O2/c15-14(16,17)21-12-5-3-10(4-6-12)8-13(20)19-11-2-1-7-18-9-11/h3-6,11,18H,1-2,7-9H2,(H,19,20)/t11-/m0/s1. The Morgan fingerprint density at radius 3 is 2.62 bits per heavy atom. The van der Waals surface area contributed by atoms with Gasteiger partial charge < -0.3 is 15.4 Å². The highest BCUT2D eigenvalue weighted by atomic mass is 19.4. The van der Waals surface area contributed by atoms with E-state index in [4.69, 9.17) is 0 Å². The first-order chi connectivity index (χ1) is 9.92. The number of benzene rings is 1. The first-order valence-electron chi connectivity index (χ1n) is 6.77. The van der Waals surface area contributed by atoms with Crippen LogP contribution in [0.2, 0.25) is 0 Å². The molecule has 116 valence electrons. The fourth-order valence-electron chi connectivity index (χ4n) is 2.25.